The fraction of sp³-hybridized carbons (Fsp3) is 0.675. The van der Waals surface area contributed by atoms with Crippen molar-refractivity contribution in [3.8, 4) is 17.3 Å². The van der Waals surface area contributed by atoms with Gasteiger partial charge in [-0.15, -0.1) is 0 Å². The number of alkyl carbamates (subject to hydrolysis) is 1. The number of amides is 1. The van der Waals surface area contributed by atoms with E-state index in [4.69, 9.17) is 49.7 Å². The first-order valence-electron chi connectivity index (χ1n) is 19.7. The van der Waals surface area contributed by atoms with Crippen LogP contribution in [-0.2, 0) is 30.1 Å². The van der Waals surface area contributed by atoms with Crippen LogP contribution in [0, 0.1) is 0 Å². The van der Waals surface area contributed by atoms with Crippen molar-refractivity contribution in [2.45, 2.75) is 153 Å². The summed E-state index contributed by atoms with van der Waals surface area (Å²) in [7, 11) is -3.32. The molecule has 54 heavy (non-hydrogen) atoms. The Morgan fingerprint density at radius 2 is 1.63 bits per heavy atom. The van der Waals surface area contributed by atoms with Gasteiger partial charge in [-0.3, -0.25) is 4.57 Å². The molecule has 3 fully saturated rings. The van der Waals surface area contributed by atoms with Crippen LogP contribution in [-0.4, -0.2) is 93.4 Å². The monoisotopic (exact) mass is 800 g/mol. The highest BCUT2D eigenvalue weighted by Crippen LogP contribution is 2.41. The Morgan fingerprint density at radius 1 is 0.981 bits per heavy atom. The van der Waals surface area contributed by atoms with Crippen LogP contribution in [0.3, 0.4) is 0 Å². The third-order valence-electron chi connectivity index (χ3n) is 11.3. The second kappa shape index (κ2) is 16.5. The third-order valence-corrected chi connectivity index (χ3v) is 17.8. The molecular weight excluding hydrogens is 740 g/mol. The Labute approximate surface area is 328 Å². The molecule has 2 saturated heterocycles. The Kier molecular flexibility index (Phi) is 12.6. The predicted octanol–water partition coefficient (Wildman–Crippen LogP) is 9.16. The van der Waals surface area contributed by atoms with Gasteiger partial charge in [0.2, 0.25) is 0 Å². The van der Waals surface area contributed by atoms with Crippen LogP contribution in [0.1, 0.15) is 71.8 Å². The summed E-state index contributed by atoms with van der Waals surface area (Å²) < 4.78 is 39.7. The van der Waals surface area contributed by atoms with E-state index in [2.05, 4.69) is 83.1 Å². The topological polar surface area (TPSA) is 115 Å². The number of nitrogens with zero attached hydrogens (tertiary/aromatic N) is 3. The van der Waals surface area contributed by atoms with E-state index in [0.29, 0.717) is 53.6 Å². The number of rotatable bonds is 13. The zero-order chi connectivity index (χ0) is 39.0. The number of fused-ring (bicyclic) bond motifs is 2. The highest BCUT2D eigenvalue weighted by molar-refractivity contribution is 6.76. The molecule has 0 spiro atoms. The number of hydrogen-bond acceptors (Lipinski definition) is 9. The number of nitrogens with one attached hydrogen (secondary N) is 1. The van der Waals surface area contributed by atoms with Gasteiger partial charge in [0.25, 0.3) is 0 Å². The molecular formula is C40H61ClN4O7Si2. The van der Waals surface area contributed by atoms with Gasteiger partial charge in [0.1, 0.15) is 30.6 Å². The van der Waals surface area contributed by atoms with E-state index in [-0.39, 0.29) is 54.4 Å². The normalized spacial score (nSPS) is 25.0. The summed E-state index contributed by atoms with van der Waals surface area (Å²) in [6, 6.07) is 11.9. The number of hydrogen-bond donors (Lipinski definition) is 1. The molecule has 0 unspecified atom stereocenters. The maximum absolute atomic E-state index is 12.1. The molecule has 11 nitrogen and oxygen atoms in total. The van der Waals surface area contributed by atoms with Crippen LogP contribution < -0.4 is 10.1 Å². The number of aromatic nitrogens is 3. The third kappa shape index (κ3) is 9.70. The molecule has 0 bridgehead atoms. The van der Waals surface area contributed by atoms with Gasteiger partial charge in [-0.2, -0.15) is 4.98 Å². The molecule has 1 N–H and O–H groups in total. The molecule has 298 valence electrons. The lowest BCUT2D eigenvalue weighted by Crippen LogP contribution is -2.47. The molecule has 1 amide bonds. The molecule has 1 aromatic carbocycles. The first-order valence-corrected chi connectivity index (χ1v) is 26.7. The fourth-order valence-corrected chi connectivity index (χ4v) is 9.44. The second-order valence-corrected chi connectivity index (χ2v) is 29.1. The highest BCUT2D eigenvalue weighted by atomic mass is 35.5. The van der Waals surface area contributed by atoms with E-state index >= 15 is 0 Å². The number of pyridine rings is 1. The summed E-state index contributed by atoms with van der Waals surface area (Å²) in [5.74, 6) is 0.407. The minimum absolute atomic E-state index is 0.0427. The molecule has 4 heterocycles. The standard InChI is InChI=1S/C40H61ClN4O7Si2/c1-25(2)42-39(46)50-29-17-15-27(16-18-29)26-11-13-28(14-12-26)34-30(41)21-31-37(44-34)45(24-47-19-20-53(6,7)8)38(43-31)51-32-22-48-36-33(23-49-35(32)36)52-54(9,10)40(3,4)5/h11-14,21,25,27,29,32-33,35-36H,15-20,22-24H2,1-10H3,(H,42,46)/t27?,29?,32-,33-,35-,36-/m1/s1. The number of ether oxygens (including phenoxy) is 5. The van der Waals surface area contributed by atoms with Gasteiger partial charge in [-0.25, -0.2) is 9.78 Å². The second-order valence-electron chi connectivity index (χ2n) is 18.3. The minimum atomic E-state index is -2.02. The number of halogens is 1. The zero-order valence-electron chi connectivity index (χ0n) is 33.9. The van der Waals surface area contributed by atoms with E-state index in [0.717, 1.165) is 37.3 Å². The van der Waals surface area contributed by atoms with E-state index < -0.39 is 16.4 Å². The van der Waals surface area contributed by atoms with Gasteiger partial charge in [-0.05, 0) is 81.3 Å². The van der Waals surface area contributed by atoms with Crippen LogP contribution >= 0.6 is 11.6 Å². The summed E-state index contributed by atoms with van der Waals surface area (Å²) in [6.45, 7) is 23.9. The molecule has 6 rings (SSSR count). The van der Waals surface area contributed by atoms with Crippen LogP contribution in [0.2, 0.25) is 48.8 Å². The van der Waals surface area contributed by atoms with Crippen LogP contribution in [0.15, 0.2) is 30.3 Å². The summed E-state index contributed by atoms with van der Waals surface area (Å²) in [5.41, 5.74) is 4.13. The fourth-order valence-electron chi connectivity index (χ4n) is 7.12. The van der Waals surface area contributed by atoms with Gasteiger partial charge in [0.15, 0.2) is 20.1 Å². The van der Waals surface area contributed by atoms with Crippen molar-refractivity contribution in [1.82, 2.24) is 19.9 Å². The van der Waals surface area contributed by atoms with Gasteiger partial charge in [-0.1, -0.05) is 76.3 Å². The average molecular weight is 802 g/mol. The summed E-state index contributed by atoms with van der Waals surface area (Å²) >= 11 is 6.92. The van der Waals surface area contributed by atoms with Gasteiger partial charge in [0, 0.05) is 26.3 Å². The molecule has 4 atom stereocenters. The number of carbonyl (C=O) groups excluding carboxylic acids is 1. The Morgan fingerprint density at radius 3 is 2.26 bits per heavy atom. The molecule has 14 heteroatoms. The quantitative estimate of drug-likeness (QED) is 0.134. The van der Waals surface area contributed by atoms with E-state index in [1.807, 2.05) is 24.5 Å². The number of benzene rings is 1. The predicted molar refractivity (Wildman–Crippen MR) is 218 cm³/mol. The first kappa shape index (κ1) is 41.1. The van der Waals surface area contributed by atoms with Crippen molar-refractivity contribution in [2.75, 3.05) is 19.8 Å². The highest BCUT2D eigenvalue weighted by Gasteiger charge is 2.52. The Bertz CT molecular complexity index is 1750. The van der Waals surface area contributed by atoms with Crippen molar-refractivity contribution in [3.63, 3.8) is 0 Å². The minimum Gasteiger partial charge on any atom is -0.456 e. The molecule has 3 aromatic rings. The van der Waals surface area contributed by atoms with Crippen molar-refractivity contribution < 1.29 is 32.9 Å². The Hall–Kier alpha value is -2.53. The van der Waals surface area contributed by atoms with Crippen molar-refractivity contribution in [3.05, 3.63) is 40.9 Å². The van der Waals surface area contributed by atoms with Gasteiger partial charge in [0.05, 0.1) is 30.0 Å². The van der Waals surface area contributed by atoms with Crippen molar-refractivity contribution in [1.29, 1.82) is 0 Å². The maximum atomic E-state index is 12.1. The average Bonchev–Trinajstić information content (AvgIpc) is 3.76. The molecule has 1 aliphatic carbocycles. The molecule has 1 saturated carbocycles. The van der Waals surface area contributed by atoms with E-state index in [9.17, 15) is 4.79 Å². The first-order chi connectivity index (χ1) is 25.4. The molecule has 2 aliphatic heterocycles. The zero-order valence-corrected chi connectivity index (χ0v) is 36.6. The smallest absolute Gasteiger partial charge is 0.407 e. The van der Waals surface area contributed by atoms with E-state index in [1.54, 1.807) is 0 Å². The number of carbonyl (C=O) groups is 1. The van der Waals surface area contributed by atoms with E-state index in [1.165, 1.54) is 5.56 Å². The number of imidazole rings is 1. The van der Waals surface area contributed by atoms with Crippen LogP contribution in [0.4, 0.5) is 4.79 Å². The van der Waals surface area contributed by atoms with Gasteiger partial charge < -0.3 is 33.4 Å². The lowest BCUT2D eigenvalue weighted by atomic mass is 9.82. The molecule has 2 aromatic heterocycles. The summed E-state index contributed by atoms with van der Waals surface area (Å²) in [5, 5.41) is 3.41. The SMILES string of the molecule is CC(C)NC(=O)OC1CCC(c2ccc(-c3nc4c(cc3Cl)nc(O[C@@H]3CO[C@H]5[C@@H]3OC[C@H]5O[Si](C)(C)C(C)(C)C)n4COCC[Si](C)(C)C)cc2)CC1. The maximum Gasteiger partial charge on any atom is 0.407 e. The lowest BCUT2D eigenvalue weighted by molar-refractivity contribution is 0.00687. The summed E-state index contributed by atoms with van der Waals surface area (Å²) in [4.78, 5) is 22.1. The van der Waals surface area contributed by atoms with Crippen molar-refractivity contribution in [2.24, 2.45) is 0 Å². The molecule has 0 radical (unpaired) electrons. The van der Waals surface area contributed by atoms with Crippen molar-refractivity contribution >= 4 is 45.2 Å². The Balaban J connectivity index is 1.19. The largest absolute Gasteiger partial charge is 0.456 e. The van der Waals surface area contributed by atoms with Crippen LogP contribution in [0.25, 0.3) is 22.4 Å². The van der Waals surface area contributed by atoms with Crippen LogP contribution in [0.5, 0.6) is 6.01 Å². The van der Waals surface area contributed by atoms with Gasteiger partial charge >= 0.3 is 12.1 Å². The molecule has 3 aliphatic rings. The summed E-state index contributed by atoms with van der Waals surface area (Å²) in [6.07, 6.45) is 2.30. The lowest BCUT2D eigenvalue weighted by Gasteiger charge is -2.39.